The van der Waals surface area contributed by atoms with Crippen LogP contribution in [-0.4, -0.2) is 42.4 Å². The summed E-state index contributed by atoms with van der Waals surface area (Å²) in [5.41, 5.74) is 1.10. The molecule has 1 aromatic rings. The fourth-order valence-corrected chi connectivity index (χ4v) is 2.47. The molecule has 120 valence electrons. The van der Waals surface area contributed by atoms with Crippen LogP contribution in [0.2, 0.25) is 5.02 Å². The molecule has 0 spiro atoms. The van der Waals surface area contributed by atoms with Crippen molar-refractivity contribution in [2.45, 2.75) is 31.4 Å². The Labute approximate surface area is 133 Å². The molecule has 3 N–H and O–H groups in total. The maximum atomic E-state index is 12.0. The minimum absolute atomic E-state index is 0.150. The third-order valence-corrected chi connectivity index (χ3v) is 3.77. The van der Waals surface area contributed by atoms with Crippen molar-refractivity contribution >= 4 is 23.6 Å². The molecule has 2 atom stereocenters. The molecule has 2 amide bonds. The number of carbonyl (C=O) groups is 2. The number of rotatable bonds is 5. The van der Waals surface area contributed by atoms with Gasteiger partial charge in [-0.25, -0.2) is 4.79 Å². The van der Waals surface area contributed by atoms with Gasteiger partial charge in [0.25, 0.3) is 0 Å². The number of carbonyl (C=O) groups excluding carboxylic acids is 1. The average Bonchev–Trinajstić information content (AvgIpc) is 2.49. The van der Waals surface area contributed by atoms with Crippen molar-refractivity contribution < 1.29 is 19.4 Å². The molecular weight excluding hydrogens is 308 g/mol. The molecule has 1 fully saturated rings. The minimum atomic E-state index is -1.07. The van der Waals surface area contributed by atoms with Gasteiger partial charge in [-0.05, 0) is 37.0 Å². The van der Waals surface area contributed by atoms with Crippen LogP contribution in [0.25, 0.3) is 0 Å². The Morgan fingerprint density at radius 1 is 1.27 bits per heavy atom. The minimum Gasteiger partial charge on any atom is -0.465 e. The van der Waals surface area contributed by atoms with Crippen molar-refractivity contribution in [3.63, 3.8) is 0 Å². The zero-order valence-corrected chi connectivity index (χ0v) is 12.8. The lowest BCUT2D eigenvalue weighted by atomic mass is 10.0. The lowest BCUT2D eigenvalue weighted by Crippen LogP contribution is -2.47. The van der Waals surface area contributed by atoms with Gasteiger partial charge in [0.1, 0.15) is 6.10 Å². The Bertz CT molecular complexity index is 513. The van der Waals surface area contributed by atoms with Crippen molar-refractivity contribution in [2.75, 3.05) is 13.2 Å². The van der Waals surface area contributed by atoms with Gasteiger partial charge in [0.15, 0.2) is 0 Å². The van der Waals surface area contributed by atoms with Gasteiger partial charge in [-0.1, -0.05) is 23.7 Å². The largest absolute Gasteiger partial charge is 0.465 e. The highest BCUT2D eigenvalue weighted by Gasteiger charge is 2.27. The van der Waals surface area contributed by atoms with E-state index in [0.29, 0.717) is 24.4 Å². The van der Waals surface area contributed by atoms with Crippen LogP contribution in [-0.2, 0) is 16.0 Å². The molecule has 6 nitrogen and oxygen atoms in total. The van der Waals surface area contributed by atoms with Crippen LogP contribution < -0.4 is 10.6 Å². The number of carboxylic acid groups (broad SMARTS) is 1. The molecule has 1 aromatic carbocycles. The van der Waals surface area contributed by atoms with E-state index in [1.54, 1.807) is 0 Å². The normalized spacial score (nSPS) is 21.1. The van der Waals surface area contributed by atoms with E-state index < -0.39 is 12.2 Å². The lowest BCUT2D eigenvalue weighted by molar-refractivity contribution is -0.136. The molecule has 0 radical (unpaired) electrons. The summed E-state index contributed by atoms with van der Waals surface area (Å²) in [7, 11) is 0. The SMILES string of the molecule is O=C(O)N[C@@H]1CC[C@@H](C(=O)NCCc2ccc(Cl)cc2)OC1. The first-order chi connectivity index (χ1) is 10.5. The number of hydrogen-bond acceptors (Lipinski definition) is 3. The Morgan fingerprint density at radius 2 is 2.00 bits per heavy atom. The van der Waals surface area contributed by atoms with Gasteiger partial charge < -0.3 is 20.5 Å². The van der Waals surface area contributed by atoms with E-state index >= 15 is 0 Å². The molecule has 2 rings (SSSR count). The second-order valence-electron chi connectivity index (χ2n) is 5.21. The van der Waals surface area contributed by atoms with E-state index in [0.717, 1.165) is 12.0 Å². The van der Waals surface area contributed by atoms with Gasteiger partial charge in [0.2, 0.25) is 5.91 Å². The van der Waals surface area contributed by atoms with Crippen molar-refractivity contribution in [3.8, 4) is 0 Å². The summed E-state index contributed by atoms with van der Waals surface area (Å²) in [4.78, 5) is 22.5. The zero-order chi connectivity index (χ0) is 15.9. The summed E-state index contributed by atoms with van der Waals surface area (Å²) in [6.07, 6.45) is 0.259. The third-order valence-electron chi connectivity index (χ3n) is 3.52. The van der Waals surface area contributed by atoms with Gasteiger partial charge in [0.05, 0.1) is 12.6 Å². The first kappa shape index (κ1) is 16.6. The monoisotopic (exact) mass is 326 g/mol. The predicted molar refractivity (Wildman–Crippen MR) is 82.1 cm³/mol. The van der Waals surface area contributed by atoms with Crippen LogP contribution in [0.4, 0.5) is 4.79 Å². The van der Waals surface area contributed by atoms with Gasteiger partial charge in [-0.2, -0.15) is 0 Å². The summed E-state index contributed by atoms with van der Waals surface area (Å²) in [6.45, 7) is 0.749. The van der Waals surface area contributed by atoms with Gasteiger partial charge >= 0.3 is 6.09 Å². The van der Waals surface area contributed by atoms with Crippen molar-refractivity contribution in [3.05, 3.63) is 34.9 Å². The summed E-state index contributed by atoms with van der Waals surface area (Å²) in [5, 5.41) is 14.5. The maximum absolute atomic E-state index is 12.0. The number of amides is 2. The van der Waals surface area contributed by atoms with E-state index in [9.17, 15) is 9.59 Å². The molecule has 0 aromatic heterocycles. The van der Waals surface area contributed by atoms with E-state index in [4.69, 9.17) is 21.4 Å². The number of halogens is 1. The van der Waals surface area contributed by atoms with Crippen LogP contribution in [0.5, 0.6) is 0 Å². The Balaban J connectivity index is 1.68. The van der Waals surface area contributed by atoms with Crippen molar-refractivity contribution in [2.24, 2.45) is 0 Å². The van der Waals surface area contributed by atoms with Gasteiger partial charge in [-0.3, -0.25) is 4.79 Å². The van der Waals surface area contributed by atoms with E-state index in [2.05, 4.69) is 10.6 Å². The first-order valence-corrected chi connectivity index (χ1v) is 7.55. The Kier molecular flexibility index (Phi) is 6.03. The second kappa shape index (κ2) is 8.00. The van der Waals surface area contributed by atoms with E-state index in [1.165, 1.54) is 0 Å². The van der Waals surface area contributed by atoms with Crippen LogP contribution in [0.3, 0.4) is 0 Å². The summed E-state index contributed by atoms with van der Waals surface area (Å²) in [6, 6.07) is 7.24. The van der Waals surface area contributed by atoms with Crippen LogP contribution in [0.15, 0.2) is 24.3 Å². The zero-order valence-electron chi connectivity index (χ0n) is 12.0. The lowest BCUT2D eigenvalue weighted by Gasteiger charge is -2.28. The molecule has 0 saturated carbocycles. The molecule has 1 heterocycles. The fourth-order valence-electron chi connectivity index (χ4n) is 2.34. The fraction of sp³-hybridized carbons (Fsp3) is 0.467. The smallest absolute Gasteiger partial charge is 0.404 e. The quantitative estimate of drug-likeness (QED) is 0.770. The summed E-state index contributed by atoms with van der Waals surface area (Å²) in [5.74, 6) is -0.150. The standard InChI is InChI=1S/C15H19ClN2O4/c16-11-3-1-10(2-4-11)7-8-17-14(19)13-6-5-12(9-22-13)18-15(20)21/h1-4,12-13,18H,5-9H2,(H,17,19)(H,20,21)/t12-,13+/m1/s1. The molecule has 0 aliphatic carbocycles. The number of hydrogen-bond donors (Lipinski definition) is 3. The van der Waals surface area contributed by atoms with Crippen molar-refractivity contribution in [1.82, 2.24) is 10.6 Å². The average molecular weight is 327 g/mol. The van der Waals surface area contributed by atoms with Crippen LogP contribution >= 0.6 is 11.6 Å². The highest BCUT2D eigenvalue weighted by atomic mass is 35.5. The number of nitrogens with one attached hydrogen (secondary N) is 2. The van der Waals surface area contributed by atoms with Gasteiger partial charge in [0, 0.05) is 11.6 Å². The topological polar surface area (TPSA) is 87.7 Å². The molecule has 1 aliphatic rings. The summed E-state index contributed by atoms with van der Waals surface area (Å²) < 4.78 is 5.42. The molecule has 7 heteroatoms. The molecule has 0 unspecified atom stereocenters. The molecule has 0 bridgehead atoms. The molecular formula is C15H19ClN2O4. The van der Waals surface area contributed by atoms with E-state index in [1.807, 2.05) is 24.3 Å². The molecule has 1 aliphatic heterocycles. The third kappa shape index (κ3) is 5.20. The maximum Gasteiger partial charge on any atom is 0.404 e. The Morgan fingerprint density at radius 3 is 2.59 bits per heavy atom. The number of ether oxygens (including phenoxy) is 1. The molecule has 1 saturated heterocycles. The summed E-state index contributed by atoms with van der Waals surface area (Å²) >= 11 is 5.81. The second-order valence-corrected chi connectivity index (χ2v) is 5.65. The van der Waals surface area contributed by atoms with Crippen LogP contribution in [0.1, 0.15) is 18.4 Å². The molecule has 22 heavy (non-hydrogen) atoms. The van der Waals surface area contributed by atoms with Crippen molar-refractivity contribution in [1.29, 1.82) is 0 Å². The Hall–Kier alpha value is -1.79. The highest BCUT2D eigenvalue weighted by molar-refractivity contribution is 6.30. The van der Waals surface area contributed by atoms with Gasteiger partial charge in [-0.15, -0.1) is 0 Å². The highest BCUT2D eigenvalue weighted by Crippen LogP contribution is 2.14. The van der Waals surface area contributed by atoms with Crippen LogP contribution in [0, 0.1) is 0 Å². The predicted octanol–water partition coefficient (Wildman–Crippen LogP) is 1.81. The first-order valence-electron chi connectivity index (χ1n) is 7.18. The number of benzene rings is 1. The van der Waals surface area contributed by atoms with E-state index in [-0.39, 0.29) is 18.6 Å².